The number of amides is 1. The molecule has 1 atom stereocenters. The van der Waals surface area contributed by atoms with Crippen molar-refractivity contribution in [2.75, 3.05) is 44.3 Å². The molecular formula is C24H29N5O3. The number of rotatable bonds is 7. The number of benzene rings is 1. The summed E-state index contributed by atoms with van der Waals surface area (Å²) in [7, 11) is 0. The standard InChI is InChI=1S/C24H29N5O3/c1-4-28(5-2)19-8-6-18(7-9-19)21-14-22-23(26-11-10-25-22)24(27-21)32-16-20-15-29(17(3)30)12-13-31-20/h6-11,14,20H,4-5,12-13,15-16H2,1-3H3/t20-/m0/s1. The number of morpholine rings is 1. The molecule has 168 valence electrons. The van der Waals surface area contributed by atoms with Crippen LogP contribution in [0, 0.1) is 0 Å². The predicted molar refractivity (Wildman–Crippen MR) is 124 cm³/mol. The first-order chi connectivity index (χ1) is 15.6. The van der Waals surface area contributed by atoms with Gasteiger partial charge in [0.05, 0.1) is 24.4 Å². The second-order valence-corrected chi connectivity index (χ2v) is 7.72. The van der Waals surface area contributed by atoms with Gasteiger partial charge in [-0.2, -0.15) is 0 Å². The second kappa shape index (κ2) is 9.91. The number of nitrogens with zero attached hydrogens (tertiary/aromatic N) is 5. The number of pyridine rings is 1. The fourth-order valence-electron chi connectivity index (χ4n) is 3.90. The minimum absolute atomic E-state index is 0.0443. The summed E-state index contributed by atoms with van der Waals surface area (Å²) in [6, 6.07) is 10.3. The molecule has 1 aromatic carbocycles. The SMILES string of the molecule is CCN(CC)c1ccc(-c2cc3nccnc3c(OC[C@@H]3CN(C(C)=O)CCO3)n2)cc1. The van der Waals surface area contributed by atoms with Gasteiger partial charge in [-0.3, -0.25) is 9.78 Å². The van der Waals surface area contributed by atoms with Gasteiger partial charge in [0, 0.05) is 50.2 Å². The van der Waals surface area contributed by atoms with Crippen LogP contribution in [0.15, 0.2) is 42.7 Å². The number of hydrogen-bond donors (Lipinski definition) is 0. The minimum atomic E-state index is -0.210. The van der Waals surface area contributed by atoms with Crippen LogP contribution in [0.5, 0.6) is 5.88 Å². The van der Waals surface area contributed by atoms with Crippen molar-refractivity contribution in [3.63, 3.8) is 0 Å². The van der Waals surface area contributed by atoms with E-state index in [9.17, 15) is 4.79 Å². The lowest BCUT2D eigenvalue weighted by Gasteiger charge is -2.32. The second-order valence-electron chi connectivity index (χ2n) is 7.72. The average Bonchev–Trinajstić information content (AvgIpc) is 2.83. The summed E-state index contributed by atoms with van der Waals surface area (Å²) < 4.78 is 11.8. The zero-order chi connectivity index (χ0) is 22.5. The summed E-state index contributed by atoms with van der Waals surface area (Å²) >= 11 is 0. The van der Waals surface area contributed by atoms with Gasteiger partial charge in [0.25, 0.3) is 0 Å². The molecule has 0 N–H and O–H groups in total. The van der Waals surface area contributed by atoms with Crippen LogP contribution in [0.25, 0.3) is 22.3 Å². The fraction of sp³-hybridized carbons (Fsp3) is 0.417. The molecule has 3 aromatic rings. The molecule has 1 aliphatic heterocycles. The molecule has 0 aliphatic carbocycles. The van der Waals surface area contributed by atoms with Gasteiger partial charge in [-0.25, -0.2) is 9.97 Å². The van der Waals surface area contributed by atoms with Gasteiger partial charge in [-0.1, -0.05) is 12.1 Å². The zero-order valence-corrected chi connectivity index (χ0v) is 18.8. The molecule has 0 unspecified atom stereocenters. The Balaban J connectivity index is 1.58. The van der Waals surface area contributed by atoms with Gasteiger partial charge in [0.2, 0.25) is 11.8 Å². The molecule has 8 heteroatoms. The number of aromatic nitrogens is 3. The van der Waals surface area contributed by atoms with Gasteiger partial charge in [0.15, 0.2) is 5.52 Å². The molecule has 1 fully saturated rings. The molecule has 0 spiro atoms. The summed E-state index contributed by atoms with van der Waals surface area (Å²) in [6.07, 6.45) is 3.08. The molecule has 1 amide bonds. The molecule has 2 aromatic heterocycles. The molecule has 8 nitrogen and oxygen atoms in total. The highest BCUT2D eigenvalue weighted by atomic mass is 16.5. The van der Waals surface area contributed by atoms with Crippen molar-refractivity contribution in [2.45, 2.75) is 26.9 Å². The van der Waals surface area contributed by atoms with Crippen molar-refractivity contribution in [1.29, 1.82) is 0 Å². The Hall–Kier alpha value is -3.26. The fourth-order valence-corrected chi connectivity index (χ4v) is 3.90. The molecule has 4 rings (SSSR count). The first-order valence-electron chi connectivity index (χ1n) is 11.1. The van der Waals surface area contributed by atoms with E-state index in [1.807, 2.05) is 6.07 Å². The van der Waals surface area contributed by atoms with Crippen molar-refractivity contribution < 1.29 is 14.3 Å². The summed E-state index contributed by atoms with van der Waals surface area (Å²) in [5, 5.41) is 0. The highest BCUT2D eigenvalue weighted by molar-refractivity contribution is 5.83. The summed E-state index contributed by atoms with van der Waals surface area (Å²) in [4.78, 5) is 29.4. The summed E-state index contributed by atoms with van der Waals surface area (Å²) in [6.45, 7) is 9.69. The smallest absolute Gasteiger partial charge is 0.242 e. The Morgan fingerprint density at radius 3 is 2.66 bits per heavy atom. The summed E-state index contributed by atoms with van der Waals surface area (Å²) in [5.41, 5.74) is 4.26. The van der Waals surface area contributed by atoms with E-state index in [-0.39, 0.29) is 18.6 Å². The van der Waals surface area contributed by atoms with Crippen molar-refractivity contribution in [1.82, 2.24) is 19.9 Å². The van der Waals surface area contributed by atoms with Crippen LogP contribution in [0.4, 0.5) is 5.69 Å². The first kappa shape index (κ1) is 22.0. The molecule has 0 bridgehead atoms. The number of carbonyl (C=O) groups is 1. The molecule has 0 saturated carbocycles. The van der Waals surface area contributed by atoms with Crippen molar-refractivity contribution in [3.8, 4) is 17.1 Å². The number of fused-ring (bicyclic) bond motifs is 1. The maximum atomic E-state index is 11.7. The van der Waals surface area contributed by atoms with E-state index in [2.05, 4.69) is 53.0 Å². The Morgan fingerprint density at radius 1 is 1.19 bits per heavy atom. The lowest BCUT2D eigenvalue weighted by Crippen LogP contribution is -2.46. The molecule has 32 heavy (non-hydrogen) atoms. The molecule has 1 aliphatic rings. The highest BCUT2D eigenvalue weighted by Gasteiger charge is 2.23. The van der Waals surface area contributed by atoms with Crippen LogP contribution in [0.1, 0.15) is 20.8 Å². The highest BCUT2D eigenvalue weighted by Crippen LogP contribution is 2.28. The van der Waals surface area contributed by atoms with Crippen LogP contribution < -0.4 is 9.64 Å². The van der Waals surface area contributed by atoms with Gasteiger partial charge < -0.3 is 19.3 Å². The van der Waals surface area contributed by atoms with E-state index in [0.717, 1.165) is 29.9 Å². The number of ether oxygens (including phenoxy) is 2. The lowest BCUT2D eigenvalue weighted by atomic mass is 10.1. The van der Waals surface area contributed by atoms with E-state index >= 15 is 0 Å². The van der Waals surface area contributed by atoms with Crippen molar-refractivity contribution in [3.05, 3.63) is 42.7 Å². The van der Waals surface area contributed by atoms with Gasteiger partial charge in [-0.15, -0.1) is 0 Å². The first-order valence-corrected chi connectivity index (χ1v) is 11.1. The number of carbonyl (C=O) groups excluding carboxylic acids is 1. The van der Waals surface area contributed by atoms with Crippen LogP contribution in [0.2, 0.25) is 0 Å². The third-order valence-corrected chi connectivity index (χ3v) is 5.71. The normalized spacial score (nSPS) is 16.2. The quantitative estimate of drug-likeness (QED) is 0.564. The predicted octanol–water partition coefficient (Wildman–Crippen LogP) is 3.16. The van der Waals surface area contributed by atoms with Crippen molar-refractivity contribution >= 4 is 22.6 Å². The Kier molecular flexibility index (Phi) is 6.80. The van der Waals surface area contributed by atoms with E-state index in [1.165, 1.54) is 5.69 Å². The Morgan fingerprint density at radius 2 is 1.94 bits per heavy atom. The molecule has 0 radical (unpaired) electrons. The van der Waals surface area contributed by atoms with Crippen LogP contribution >= 0.6 is 0 Å². The van der Waals surface area contributed by atoms with Crippen LogP contribution in [-0.4, -0.2) is 71.3 Å². The van der Waals surface area contributed by atoms with E-state index < -0.39 is 0 Å². The lowest BCUT2D eigenvalue weighted by molar-refractivity contribution is -0.137. The third kappa shape index (κ3) is 4.80. The van der Waals surface area contributed by atoms with Crippen LogP contribution in [-0.2, 0) is 9.53 Å². The van der Waals surface area contributed by atoms with E-state index in [1.54, 1.807) is 24.2 Å². The summed E-state index contributed by atoms with van der Waals surface area (Å²) in [5.74, 6) is 0.463. The Bertz CT molecular complexity index is 1070. The van der Waals surface area contributed by atoms with Crippen molar-refractivity contribution in [2.24, 2.45) is 0 Å². The monoisotopic (exact) mass is 435 g/mol. The molecular weight excluding hydrogens is 406 g/mol. The average molecular weight is 436 g/mol. The third-order valence-electron chi connectivity index (χ3n) is 5.71. The zero-order valence-electron chi connectivity index (χ0n) is 18.8. The molecule has 1 saturated heterocycles. The number of anilines is 1. The van der Waals surface area contributed by atoms with Gasteiger partial charge in [0.1, 0.15) is 12.7 Å². The van der Waals surface area contributed by atoms with E-state index in [0.29, 0.717) is 31.1 Å². The van der Waals surface area contributed by atoms with Gasteiger partial charge >= 0.3 is 0 Å². The maximum Gasteiger partial charge on any atom is 0.242 e. The van der Waals surface area contributed by atoms with E-state index in [4.69, 9.17) is 14.5 Å². The topological polar surface area (TPSA) is 80.7 Å². The Labute approximate surface area is 188 Å². The largest absolute Gasteiger partial charge is 0.473 e. The minimum Gasteiger partial charge on any atom is -0.473 e. The van der Waals surface area contributed by atoms with Crippen LogP contribution in [0.3, 0.4) is 0 Å². The maximum absolute atomic E-state index is 11.7. The molecule has 3 heterocycles. The van der Waals surface area contributed by atoms with Gasteiger partial charge in [-0.05, 0) is 32.0 Å². The number of hydrogen-bond acceptors (Lipinski definition) is 7.